The van der Waals surface area contributed by atoms with Gasteiger partial charge in [0.05, 0.1) is 5.92 Å². The van der Waals surface area contributed by atoms with Crippen LogP contribution in [0.15, 0.2) is 0 Å². The lowest BCUT2D eigenvalue weighted by Crippen LogP contribution is -2.35. The zero-order valence-corrected chi connectivity index (χ0v) is 7.76. The third kappa shape index (κ3) is 1.57. The van der Waals surface area contributed by atoms with Crippen LogP contribution in [-0.2, 0) is 9.59 Å². The number of carbonyl (C=O) groups excluding carboxylic acids is 2. The summed E-state index contributed by atoms with van der Waals surface area (Å²) in [5.74, 6) is -2.46. The van der Waals surface area contributed by atoms with Gasteiger partial charge in [-0.05, 0) is 31.1 Å². The zero-order chi connectivity index (χ0) is 10.3. The summed E-state index contributed by atoms with van der Waals surface area (Å²) >= 11 is 0. The van der Waals surface area contributed by atoms with Crippen LogP contribution in [0.4, 0.5) is 8.78 Å². The Kier molecular flexibility index (Phi) is 2.16. The highest BCUT2D eigenvalue weighted by Gasteiger charge is 2.51. The molecular weight excluding hydrogens is 190 g/mol. The Morgan fingerprint density at radius 2 is 2.00 bits per heavy atom. The van der Waals surface area contributed by atoms with Crippen LogP contribution >= 0.6 is 0 Å². The summed E-state index contributed by atoms with van der Waals surface area (Å²) in [6.45, 7) is 0. The highest BCUT2D eigenvalue weighted by Crippen LogP contribution is 2.57. The van der Waals surface area contributed by atoms with Crippen molar-refractivity contribution < 1.29 is 18.4 Å². The maximum atomic E-state index is 12.2. The zero-order valence-electron chi connectivity index (χ0n) is 7.76. The maximum Gasteiger partial charge on any atom is 0.296 e. The molecule has 0 N–H and O–H groups in total. The monoisotopic (exact) mass is 202 g/mol. The molecular formula is C10H12F2O2. The van der Waals surface area contributed by atoms with E-state index in [0.717, 1.165) is 19.3 Å². The van der Waals surface area contributed by atoms with Crippen molar-refractivity contribution in [2.45, 2.75) is 38.5 Å². The van der Waals surface area contributed by atoms with Gasteiger partial charge >= 0.3 is 0 Å². The quantitative estimate of drug-likeness (QED) is 0.641. The first kappa shape index (κ1) is 9.74. The molecule has 0 saturated heterocycles. The highest BCUT2D eigenvalue weighted by atomic mass is 19.3. The Balaban J connectivity index is 2.08. The summed E-state index contributed by atoms with van der Waals surface area (Å²) in [6.07, 6.45) is 0.468. The molecule has 78 valence electrons. The maximum absolute atomic E-state index is 12.2. The SMILES string of the molecule is O=C1CCC2(CC2)CC1C(=O)C(F)F. The van der Waals surface area contributed by atoms with Crippen molar-refractivity contribution in [3.05, 3.63) is 0 Å². The van der Waals surface area contributed by atoms with Crippen LogP contribution < -0.4 is 0 Å². The second-order valence-electron chi connectivity index (χ2n) is 4.43. The molecule has 14 heavy (non-hydrogen) atoms. The second-order valence-corrected chi connectivity index (χ2v) is 4.43. The van der Waals surface area contributed by atoms with Crippen LogP contribution in [0.3, 0.4) is 0 Å². The summed E-state index contributed by atoms with van der Waals surface area (Å²) in [4.78, 5) is 22.4. The molecule has 2 nitrogen and oxygen atoms in total. The van der Waals surface area contributed by atoms with E-state index in [4.69, 9.17) is 0 Å². The Morgan fingerprint density at radius 1 is 1.36 bits per heavy atom. The average molecular weight is 202 g/mol. The fraction of sp³-hybridized carbons (Fsp3) is 0.800. The fourth-order valence-electron chi connectivity index (χ4n) is 2.25. The minimum atomic E-state index is -2.99. The normalized spacial score (nSPS) is 29.6. The molecule has 4 heteroatoms. The Bertz CT molecular complexity index is 282. The van der Waals surface area contributed by atoms with Crippen LogP contribution in [0.2, 0.25) is 0 Å². The summed E-state index contributed by atoms with van der Waals surface area (Å²) < 4.78 is 24.3. The summed E-state index contributed by atoms with van der Waals surface area (Å²) in [5, 5.41) is 0. The second kappa shape index (κ2) is 3.11. The van der Waals surface area contributed by atoms with Crippen LogP contribution in [0.25, 0.3) is 0 Å². The van der Waals surface area contributed by atoms with Crippen molar-refractivity contribution >= 4 is 11.6 Å². The lowest BCUT2D eigenvalue weighted by molar-refractivity contribution is -0.142. The summed E-state index contributed by atoms with van der Waals surface area (Å²) in [5.41, 5.74) is 0.0725. The van der Waals surface area contributed by atoms with E-state index in [1.807, 2.05) is 0 Å². The molecule has 2 aliphatic carbocycles. The van der Waals surface area contributed by atoms with Crippen molar-refractivity contribution in [2.24, 2.45) is 11.3 Å². The van der Waals surface area contributed by atoms with Crippen LogP contribution in [0.5, 0.6) is 0 Å². The van der Waals surface area contributed by atoms with Gasteiger partial charge in [0, 0.05) is 6.42 Å². The van der Waals surface area contributed by atoms with E-state index in [-0.39, 0.29) is 11.2 Å². The predicted octanol–water partition coefficient (Wildman–Crippen LogP) is 1.97. The molecule has 0 heterocycles. The molecule has 1 unspecified atom stereocenters. The van der Waals surface area contributed by atoms with Gasteiger partial charge in [0.15, 0.2) is 0 Å². The summed E-state index contributed by atoms with van der Waals surface area (Å²) in [6, 6.07) is 0. The van der Waals surface area contributed by atoms with Gasteiger partial charge in [-0.3, -0.25) is 9.59 Å². The molecule has 2 rings (SSSR count). The highest BCUT2D eigenvalue weighted by molar-refractivity contribution is 6.04. The standard InChI is InChI=1S/C10H12F2O2/c11-9(12)8(14)6-5-10(3-4-10)2-1-7(6)13/h6,9H,1-5H2. The number of hydrogen-bond acceptors (Lipinski definition) is 2. The molecule has 1 atom stereocenters. The van der Waals surface area contributed by atoms with Crippen LogP contribution in [-0.4, -0.2) is 18.0 Å². The topological polar surface area (TPSA) is 34.1 Å². The van der Waals surface area contributed by atoms with Gasteiger partial charge in [-0.1, -0.05) is 0 Å². The van der Waals surface area contributed by atoms with Gasteiger partial charge in [-0.2, -0.15) is 0 Å². The van der Waals surface area contributed by atoms with Gasteiger partial charge < -0.3 is 0 Å². The third-order valence-electron chi connectivity index (χ3n) is 3.44. The molecule has 0 aromatic rings. The van der Waals surface area contributed by atoms with E-state index in [1.54, 1.807) is 0 Å². The lowest BCUT2D eigenvalue weighted by atomic mass is 9.76. The molecule has 1 spiro atoms. The molecule has 0 bridgehead atoms. The first-order valence-electron chi connectivity index (χ1n) is 4.89. The first-order chi connectivity index (χ1) is 6.54. The van der Waals surface area contributed by atoms with E-state index < -0.39 is 18.1 Å². The van der Waals surface area contributed by atoms with Crippen LogP contribution in [0.1, 0.15) is 32.1 Å². The van der Waals surface area contributed by atoms with Gasteiger partial charge in [-0.15, -0.1) is 0 Å². The third-order valence-corrected chi connectivity index (χ3v) is 3.44. The number of carbonyl (C=O) groups is 2. The minimum Gasteiger partial charge on any atom is -0.299 e. The Labute approximate surface area is 80.7 Å². The molecule has 0 amide bonds. The number of hydrogen-bond donors (Lipinski definition) is 0. The molecule has 2 aliphatic rings. The smallest absolute Gasteiger partial charge is 0.296 e. The average Bonchev–Trinajstić information content (AvgIpc) is 2.89. The van der Waals surface area contributed by atoms with Crippen molar-refractivity contribution in [3.63, 3.8) is 0 Å². The van der Waals surface area contributed by atoms with Gasteiger partial charge in [0.1, 0.15) is 5.78 Å². The largest absolute Gasteiger partial charge is 0.299 e. The number of rotatable bonds is 2. The van der Waals surface area contributed by atoms with E-state index in [9.17, 15) is 18.4 Å². The van der Waals surface area contributed by atoms with E-state index in [0.29, 0.717) is 12.8 Å². The first-order valence-corrected chi connectivity index (χ1v) is 4.89. The van der Waals surface area contributed by atoms with E-state index in [2.05, 4.69) is 0 Å². The number of halogens is 2. The number of alkyl halides is 2. The Morgan fingerprint density at radius 3 is 2.50 bits per heavy atom. The van der Waals surface area contributed by atoms with Gasteiger partial charge in [-0.25, -0.2) is 8.78 Å². The van der Waals surface area contributed by atoms with Gasteiger partial charge in [0.2, 0.25) is 5.78 Å². The molecule has 0 aromatic heterocycles. The summed E-state index contributed by atoms with van der Waals surface area (Å²) in [7, 11) is 0. The van der Waals surface area contributed by atoms with Gasteiger partial charge in [0.25, 0.3) is 6.43 Å². The van der Waals surface area contributed by atoms with E-state index in [1.165, 1.54) is 0 Å². The molecule has 0 aromatic carbocycles. The Hall–Kier alpha value is -0.800. The number of Topliss-reactive ketones (excluding diaryl/α,β-unsaturated/α-hetero) is 2. The van der Waals surface area contributed by atoms with Crippen molar-refractivity contribution in [3.8, 4) is 0 Å². The molecule has 0 aliphatic heterocycles. The molecule has 2 saturated carbocycles. The van der Waals surface area contributed by atoms with Crippen LogP contribution in [0, 0.1) is 11.3 Å². The lowest BCUT2D eigenvalue weighted by Gasteiger charge is -2.26. The van der Waals surface area contributed by atoms with Crippen molar-refractivity contribution in [2.75, 3.05) is 0 Å². The van der Waals surface area contributed by atoms with E-state index >= 15 is 0 Å². The molecule has 0 radical (unpaired) electrons. The number of ketones is 2. The van der Waals surface area contributed by atoms with Crippen molar-refractivity contribution in [1.82, 2.24) is 0 Å². The molecule has 2 fully saturated rings. The van der Waals surface area contributed by atoms with Crippen molar-refractivity contribution in [1.29, 1.82) is 0 Å². The fourth-order valence-corrected chi connectivity index (χ4v) is 2.25. The minimum absolute atomic E-state index is 0.0725. The predicted molar refractivity (Wildman–Crippen MR) is 45.0 cm³/mol.